The Bertz CT molecular complexity index is 1110. The summed E-state index contributed by atoms with van der Waals surface area (Å²) in [5, 5.41) is -0.329. The van der Waals surface area contributed by atoms with E-state index >= 15 is 0 Å². The van der Waals surface area contributed by atoms with E-state index in [0.717, 1.165) is 11.7 Å². The van der Waals surface area contributed by atoms with Crippen molar-refractivity contribution in [3.05, 3.63) is 12.4 Å². The van der Waals surface area contributed by atoms with E-state index in [9.17, 15) is 9.18 Å². The van der Waals surface area contributed by atoms with Crippen LogP contribution in [0.1, 0.15) is 36.1 Å². The van der Waals surface area contributed by atoms with Crippen molar-refractivity contribution in [1.29, 1.82) is 0 Å². The van der Waals surface area contributed by atoms with Gasteiger partial charge in [-0.3, -0.25) is 4.57 Å². The molecule has 1 aliphatic rings. The molecule has 3 atom stereocenters. The van der Waals surface area contributed by atoms with Crippen LogP contribution in [-0.4, -0.2) is 52.6 Å². The van der Waals surface area contributed by atoms with Crippen molar-refractivity contribution in [2.45, 2.75) is 63.2 Å². The van der Waals surface area contributed by atoms with Crippen LogP contribution in [0.15, 0.2) is 6.33 Å². The molecule has 3 heterocycles. The summed E-state index contributed by atoms with van der Waals surface area (Å²) >= 11 is 0. The van der Waals surface area contributed by atoms with E-state index in [1.54, 1.807) is 0 Å². The minimum Gasteiger partial charge on any atom is -0.466 e. The highest BCUT2D eigenvalue weighted by Crippen LogP contribution is 2.45. The van der Waals surface area contributed by atoms with Crippen molar-refractivity contribution in [3.8, 4) is 12.3 Å². The fraction of sp³-hybridized carbons (Fsp3) is 0.579. The highest BCUT2D eigenvalue weighted by Gasteiger charge is 2.58. The topological polar surface area (TPSA) is 114 Å². The van der Waals surface area contributed by atoms with Crippen LogP contribution < -0.4 is 5.73 Å². The number of esters is 1. The smallest absolute Gasteiger partial charge is 0.353 e. The zero-order valence-corrected chi connectivity index (χ0v) is 18.7. The molecule has 0 bridgehead atoms. The van der Waals surface area contributed by atoms with E-state index in [-0.39, 0.29) is 22.0 Å². The van der Waals surface area contributed by atoms with E-state index in [0.29, 0.717) is 0 Å². The maximum Gasteiger partial charge on any atom is 0.353 e. The number of nitrogen functional groups attached to an aromatic ring is 1. The molecule has 1 saturated heterocycles. The van der Waals surface area contributed by atoms with Gasteiger partial charge in [-0.25, -0.2) is 9.78 Å². The molecule has 0 amide bonds. The number of terminal acetylenes is 1. The zero-order valence-electron chi connectivity index (χ0n) is 19.7. The molecule has 0 unspecified atom stereocenters. The summed E-state index contributed by atoms with van der Waals surface area (Å²) in [7, 11) is -1.54. The van der Waals surface area contributed by atoms with Gasteiger partial charge in [-0.15, -0.1) is 6.42 Å². The van der Waals surface area contributed by atoms with Gasteiger partial charge in [0.25, 0.3) is 5.60 Å². The second-order valence-electron chi connectivity index (χ2n) is 8.47. The van der Waals surface area contributed by atoms with Crippen LogP contribution in [0.5, 0.6) is 0 Å². The van der Waals surface area contributed by atoms with Crippen LogP contribution in [0.4, 0.5) is 10.2 Å². The Balaban J connectivity index is 2.22. The van der Waals surface area contributed by atoms with Gasteiger partial charge < -0.3 is 19.6 Å². The number of hydrogen-bond acceptors (Lipinski definition) is 8. The van der Waals surface area contributed by atoms with E-state index in [1.165, 1.54) is 6.33 Å². The Labute approximate surface area is 178 Å². The van der Waals surface area contributed by atoms with Crippen molar-refractivity contribution in [3.63, 3.8) is 0 Å². The first-order chi connectivity index (χ1) is 14.6. The van der Waals surface area contributed by atoms with Crippen molar-refractivity contribution in [2.24, 2.45) is 0 Å². The summed E-state index contributed by atoms with van der Waals surface area (Å²) in [4.78, 5) is 24.0. The van der Waals surface area contributed by atoms with Gasteiger partial charge in [0.1, 0.15) is 12.3 Å². The van der Waals surface area contributed by atoms with Gasteiger partial charge in [0, 0.05) is 9.11 Å². The molecular weight excluding hydrogens is 409 g/mol. The van der Waals surface area contributed by atoms with Crippen molar-refractivity contribution >= 4 is 31.3 Å². The van der Waals surface area contributed by atoms with Gasteiger partial charge in [0.2, 0.25) is 0 Å². The molecule has 1 fully saturated rings. The molecule has 3 rings (SSSR count). The molecule has 9 nitrogen and oxygen atoms in total. The quantitative estimate of drug-likeness (QED) is 0.336. The minimum atomic E-state index is -2.66. The predicted molar refractivity (Wildman–Crippen MR) is 110 cm³/mol. The van der Waals surface area contributed by atoms with Crippen LogP contribution in [0.2, 0.25) is 18.1 Å². The number of ether oxygens (including phenoxy) is 2. The molecule has 2 N–H and O–H groups in total. The molecule has 2 aromatic rings. The summed E-state index contributed by atoms with van der Waals surface area (Å²) in [5.74, 6) is 1.05. The fourth-order valence-electron chi connectivity index (χ4n) is 2.80. The molecule has 162 valence electrons. The molecular formula is C19H26FN5O4Si. The number of fused-ring (bicyclic) bond motifs is 1. The molecule has 2 aromatic heterocycles. The molecule has 30 heavy (non-hydrogen) atoms. The summed E-state index contributed by atoms with van der Waals surface area (Å²) in [6.45, 7) is 9.67. The third-order valence-electron chi connectivity index (χ3n) is 5.56. The van der Waals surface area contributed by atoms with E-state index < -0.39 is 44.7 Å². The van der Waals surface area contributed by atoms with Gasteiger partial charge in [0.05, 0.1) is 13.4 Å². The van der Waals surface area contributed by atoms with Gasteiger partial charge >= 0.3 is 12.0 Å². The largest absolute Gasteiger partial charge is 0.466 e. The van der Waals surface area contributed by atoms with Gasteiger partial charge in [-0.1, -0.05) is 26.7 Å². The Morgan fingerprint density at radius 2 is 2.20 bits per heavy atom. The lowest BCUT2D eigenvalue weighted by Gasteiger charge is -2.40. The van der Waals surface area contributed by atoms with Crippen LogP contribution in [0.3, 0.4) is 0 Å². The number of halogens is 1. The number of carbonyl (C=O) groups is 1. The number of imidazole rings is 1. The lowest BCUT2D eigenvalue weighted by Crippen LogP contribution is -2.54. The number of nitrogens with two attached hydrogens (primary N) is 1. The summed E-state index contributed by atoms with van der Waals surface area (Å²) < 4.78 is 49.9. The van der Waals surface area contributed by atoms with E-state index in [2.05, 4.69) is 20.9 Å². The van der Waals surface area contributed by atoms with Gasteiger partial charge in [-0.2, -0.15) is 14.4 Å². The molecule has 0 aromatic carbocycles. The first-order valence-electron chi connectivity index (χ1n) is 10.2. The van der Waals surface area contributed by atoms with Crippen LogP contribution in [-0.2, 0) is 18.7 Å². The summed E-state index contributed by atoms with van der Waals surface area (Å²) in [5.41, 5.74) is 3.44. The van der Waals surface area contributed by atoms with Crippen LogP contribution in [0.25, 0.3) is 11.2 Å². The zero-order chi connectivity index (χ0) is 24.3. The third kappa shape index (κ3) is 3.44. The van der Waals surface area contributed by atoms with E-state index in [4.69, 9.17) is 28.8 Å². The lowest BCUT2D eigenvalue weighted by molar-refractivity contribution is -0.168. The summed E-state index contributed by atoms with van der Waals surface area (Å²) in [6, 6.07) is 0. The highest BCUT2D eigenvalue weighted by atomic mass is 28.4. The minimum absolute atomic E-state index is 0.0453. The molecule has 0 aliphatic carbocycles. The first-order valence-corrected chi connectivity index (χ1v) is 12.1. The van der Waals surface area contributed by atoms with Crippen molar-refractivity contribution in [2.75, 3.05) is 12.8 Å². The van der Waals surface area contributed by atoms with Crippen LogP contribution in [0, 0.1) is 18.4 Å². The number of nitrogens with zero attached hydrogens (tertiary/aromatic N) is 4. The Morgan fingerprint density at radius 1 is 1.53 bits per heavy atom. The standard InChI is InChI=1S/C19H26FN5O4Si/c1-8-19(16(26)27-5)11(29-30(6,7)18(2,3)4)9-12(28-19)25-10-22-13-14(21)23-17(20)24-15(13)25/h1,10-12H,9H2,2-7H3,(H2,21,23,24)/t11-,12+,19-/m0/s1/i9D2. The third-order valence-corrected chi connectivity index (χ3v) is 9.99. The molecule has 11 heteroatoms. The maximum atomic E-state index is 13.9. The Hall–Kier alpha value is -2.55. The highest BCUT2D eigenvalue weighted by molar-refractivity contribution is 6.74. The normalized spacial score (nSPS) is 27.4. The van der Waals surface area contributed by atoms with Gasteiger partial charge in [-0.05, 0) is 18.1 Å². The number of carbonyl (C=O) groups excluding carboxylic acids is 1. The Morgan fingerprint density at radius 3 is 2.77 bits per heavy atom. The lowest BCUT2D eigenvalue weighted by atomic mass is 9.98. The molecule has 0 radical (unpaired) electrons. The number of anilines is 1. The van der Waals surface area contributed by atoms with Gasteiger partial charge in [0.15, 0.2) is 25.3 Å². The number of aromatic nitrogens is 4. The second-order valence-corrected chi connectivity index (χ2v) is 13.2. The van der Waals surface area contributed by atoms with E-state index in [1.807, 2.05) is 33.9 Å². The molecule has 0 spiro atoms. The first kappa shape index (κ1) is 19.4. The number of rotatable bonds is 4. The number of hydrogen-bond donors (Lipinski definition) is 1. The maximum absolute atomic E-state index is 13.9. The SMILES string of the molecule is [2H]C1([2H])[C@H](n2cnc3c(N)nc(F)nc32)O[C@](C#C)(C(=O)OC)[C@H]1O[Si](C)(C)C(C)(C)C. The average Bonchev–Trinajstić information content (AvgIpc) is 3.18. The van der Waals surface area contributed by atoms with Crippen molar-refractivity contribution < 1.29 is 25.8 Å². The average molecular weight is 438 g/mol. The second kappa shape index (κ2) is 7.30. The predicted octanol–water partition coefficient (Wildman–Crippen LogP) is 2.40. The van der Waals surface area contributed by atoms with Crippen LogP contribution >= 0.6 is 0 Å². The number of methoxy groups -OCH3 is 1. The van der Waals surface area contributed by atoms with Crippen molar-refractivity contribution in [1.82, 2.24) is 19.5 Å². The monoisotopic (exact) mass is 437 g/mol. The molecule has 0 saturated carbocycles. The molecule has 1 aliphatic heterocycles. The fourth-order valence-corrected chi connectivity index (χ4v) is 3.98. The summed E-state index contributed by atoms with van der Waals surface area (Å²) in [6.07, 6.45) is 0.318. The Kier molecular flexibility index (Phi) is 4.72.